The fourth-order valence-corrected chi connectivity index (χ4v) is 6.71. The average Bonchev–Trinajstić information content (AvgIpc) is 3.00. The van der Waals surface area contributed by atoms with Crippen LogP contribution >= 0.6 is 23.1 Å². The smallest absolute Gasteiger partial charge is 0.243 e. The van der Waals surface area contributed by atoms with Gasteiger partial charge in [-0.25, -0.2) is 13.4 Å². The first-order valence-corrected chi connectivity index (χ1v) is 12.6. The second-order valence-electron chi connectivity index (χ2n) is 7.03. The lowest BCUT2D eigenvalue weighted by molar-refractivity contribution is -0.120. The Kier molecular flexibility index (Phi) is 6.48. The molecule has 1 saturated heterocycles. The summed E-state index contributed by atoms with van der Waals surface area (Å²) in [4.78, 5) is 17.3. The molecule has 0 atom stereocenters. The number of thiazole rings is 1. The third-order valence-electron chi connectivity index (χ3n) is 4.94. The summed E-state index contributed by atoms with van der Waals surface area (Å²) in [5.74, 6) is -0.280. The molecule has 1 aromatic carbocycles. The van der Waals surface area contributed by atoms with Crippen molar-refractivity contribution in [3.8, 4) is 0 Å². The normalized spacial score (nSPS) is 16.3. The number of nitrogens with one attached hydrogen (secondary N) is 1. The van der Waals surface area contributed by atoms with E-state index in [4.69, 9.17) is 0 Å². The Morgan fingerprint density at radius 3 is 2.50 bits per heavy atom. The topological polar surface area (TPSA) is 79.4 Å². The first-order chi connectivity index (χ1) is 13.2. The molecule has 0 radical (unpaired) electrons. The van der Waals surface area contributed by atoms with Gasteiger partial charge in [-0.3, -0.25) is 4.79 Å². The minimum atomic E-state index is -3.53. The fraction of sp³-hybridized carbons (Fsp3) is 0.474. The molecular formula is C19H25N3O3S3. The van der Waals surface area contributed by atoms with Gasteiger partial charge in [0.2, 0.25) is 15.9 Å². The maximum atomic E-state index is 13.0. The van der Waals surface area contributed by atoms with E-state index in [2.05, 4.69) is 10.3 Å². The van der Waals surface area contributed by atoms with Crippen LogP contribution in [0.25, 0.3) is 0 Å². The van der Waals surface area contributed by atoms with Crippen LogP contribution in [0, 0.1) is 26.7 Å². The molecule has 9 heteroatoms. The summed E-state index contributed by atoms with van der Waals surface area (Å²) < 4.78 is 28.5. The van der Waals surface area contributed by atoms with Crippen molar-refractivity contribution in [2.45, 2.75) is 42.7 Å². The van der Waals surface area contributed by atoms with Gasteiger partial charge in [0, 0.05) is 19.0 Å². The molecule has 1 aromatic heterocycles. The zero-order valence-corrected chi connectivity index (χ0v) is 18.9. The lowest BCUT2D eigenvalue weighted by Crippen LogP contribution is -2.41. The zero-order chi connectivity index (χ0) is 20.5. The van der Waals surface area contributed by atoms with Crippen molar-refractivity contribution < 1.29 is 13.2 Å². The number of anilines is 1. The van der Waals surface area contributed by atoms with Gasteiger partial charge in [0.1, 0.15) is 0 Å². The molecule has 2 aromatic rings. The SMILES string of the molecule is CSc1sc(NC(=O)C2CCN(S(=O)(=O)c3ccc(C)cc3C)CC2)nc1C. The molecule has 28 heavy (non-hydrogen) atoms. The average molecular weight is 440 g/mol. The van der Waals surface area contributed by atoms with E-state index in [9.17, 15) is 13.2 Å². The van der Waals surface area contributed by atoms with E-state index in [0.717, 1.165) is 21.0 Å². The highest BCUT2D eigenvalue weighted by Gasteiger charge is 2.33. The summed E-state index contributed by atoms with van der Waals surface area (Å²) in [5.41, 5.74) is 2.71. The van der Waals surface area contributed by atoms with Gasteiger partial charge < -0.3 is 5.32 Å². The summed E-state index contributed by atoms with van der Waals surface area (Å²) in [6, 6.07) is 5.37. The Bertz CT molecular complexity index is 978. The zero-order valence-electron chi connectivity index (χ0n) is 16.5. The highest BCUT2D eigenvalue weighted by Crippen LogP contribution is 2.31. The minimum Gasteiger partial charge on any atom is -0.302 e. The Hall–Kier alpha value is -1.42. The van der Waals surface area contributed by atoms with E-state index in [1.807, 2.05) is 39.2 Å². The molecular weight excluding hydrogens is 414 g/mol. The van der Waals surface area contributed by atoms with Gasteiger partial charge in [-0.15, -0.1) is 11.8 Å². The van der Waals surface area contributed by atoms with Crippen LogP contribution in [0.1, 0.15) is 29.7 Å². The first kappa shape index (κ1) is 21.3. The monoisotopic (exact) mass is 439 g/mol. The van der Waals surface area contributed by atoms with E-state index >= 15 is 0 Å². The molecule has 0 spiro atoms. The molecule has 0 bridgehead atoms. The van der Waals surface area contributed by atoms with Crippen molar-refractivity contribution in [2.24, 2.45) is 5.92 Å². The summed E-state index contributed by atoms with van der Waals surface area (Å²) in [7, 11) is -3.53. The Labute approximate surface area is 174 Å². The second-order valence-corrected chi connectivity index (χ2v) is 11.0. The number of carbonyl (C=O) groups is 1. The Morgan fingerprint density at radius 2 is 1.93 bits per heavy atom. The predicted octanol–water partition coefficient (Wildman–Crippen LogP) is 3.83. The Balaban J connectivity index is 1.64. The molecule has 1 fully saturated rings. The third-order valence-corrected chi connectivity index (χ3v) is 9.29. The van der Waals surface area contributed by atoms with E-state index in [-0.39, 0.29) is 11.8 Å². The number of rotatable bonds is 5. The van der Waals surface area contributed by atoms with Crippen LogP contribution in [0.5, 0.6) is 0 Å². The first-order valence-electron chi connectivity index (χ1n) is 9.12. The second kappa shape index (κ2) is 8.52. The number of thioether (sulfide) groups is 1. The van der Waals surface area contributed by atoms with Gasteiger partial charge in [0.05, 0.1) is 14.8 Å². The van der Waals surface area contributed by atoms with E-state index in [0.29, 0.717) is 36.0 Å². The number of hydrogen-bond acceptors (Lipinski definition) is 6. The van der Waals surface area contributed by atoms with Gasteiger partial charge in [-0.05, 0) is 51.5 Å². The number of nitrogens with zero attached hydrogens (tertiary/aromatic N) is 2. The Morgan fingerprint density at radius 1 is 1.25 bits per heavy atom. The number of sulfonamides is 1. The standard InChI is InChI=1S/C19H25N3O3S3/c1-12-5-6-16(13(2)11-12)28(24,25)22-9-7-15(8-10-22)17(23)21-19-20-14(3)18(26-4)27-19/h5-6,11,15H,7-10H2,1-4H3,(H,20,21,23). The van der Waals surface area contributed by atoms with E-state index in [1.54, 1.807) is 17.8 Å². The quantitative estimate of drug-likeness (QED) is 0.716. The van der Waals surface area contributed by atoms with Gasteiger partial charge in [0.15, 0.2) is 5.13 Å². The third kappa shape index (κ3) is 4.42. The van der Waals surface area contributed by atoms with Crippen molar-refractivity contribution in [1.82, 2.24) is 9.29 Å². The van der Waals surface area contributed by atoms with Crippen LogP contribution in [-0.4, -0.2) is 43.0 Å². The maximum absolute atomic E-state index is 13.0. The van der Waals surface area contributed by atoms with Crippen molar-refractivity contribution in [3.63, 3.8) is 0 Å². The summed E-state index contributed by atoms with van der Waals surface area (Å²) >= 11 is 3.08. The van der Waals surface area contributed by atoms with Gasteiger partial charge >= 0.3 is 0 Å². The van der Waals surface area contributed by atoms with Crippen molar-refractivity contribution >= 4 is 44.2 Å². The van der Waals surface area contributed by atoms with Crippen LogP contribution in [0.2, 0.25) is 0 Å². The molecule has 1 N–H and O–H groups in total. The number of amides is 1. The molecule has 1 amide bonds. The summed E-state index contributed by atoms with van der Waals surface area (Å²) in [6.07, 6.45) is 3.00. The molecule has 1 aliphatic rings. The number of piperidine rings is 1. The maximum Gasteiger partial charge on any atom is 0.243 e. The molecule has 0 unspecified atom stereocenters. The van der Waals surface area contributed by atoms with E-state index < -0.39 is 10.0 Å². The molecule has 1 aliphatic heterocycles. The molecule has 3 rings (SSSR count). The lowest BCUT2D eigenvalue weighted by Gasteiger charge is -2.30. The largest absolute Gasteiger partial charge is 0.302 e. The van der Waals surface area contributed by atoms with Gasteiger partial charge in [0.25, 0.3) is 0 Å². The van der Waals surface area contributed by atoms with Crippen LogP contribution in [0.4, 0.5) is 5.13 Å². The number of aromatic nitrogens is 1. The number of aryl methyl sites for hydroxylation is 3. The van der Waals surface area contributed by atoms with Crippen molar-refractivity contribution in [3.05, 3.63) is 35.0 Å². The number of hydrogen-bond donors (Lipinski definition) is 1. The lowest BCUT2D eigenvalue weighted by atomic mass is 9.97. The van der Waals surface area contributed by atoms with Crippen LogP contribution < -0.4 is 5.32 Å². The predicted molar refractivity (Wildman–Crippen MR) is 115 cm³/mol. The molecule has 0 aliphatic carbocycles. The summed E-state index contributed by atoms with van der Waals surface area (Å²) in [6.45, 7) is 6.38. The molecule has 0 saturated carbocycles. The number of carbonyl (C=O) groups excluding carboxylic acids is 1. The highest BCUT2D eigenvalue weighted by molar-refractivity contribution is 8.00. The highest BCUT2D eigenvalue weighted by atomic mass is 32.2. The van der Waals surface area contributed by atoms with Crippen molar-refractivity contribution in [2.75, 3.05) is 24.7 Å². The van der Waals surface area contributed by atoms with E-state index in [1.165, 1.54) is 15.6 Å². The number of benzene rings is 1. The molecule has 152 valence electrons. The van der Waals surface area contributed by atoms with Gasteiger partial charge in [-0.1, -0.05) is 29.0 Å². The van der Waals surface area contributed by atoms with Crippen LogP contribution in [0.3, 0.4) is 0 Å². The van der Waals surface area contributed by atoms with Gasteiger partial charge in [-0.2, -0.15) is 4.31 Å². The molecule has 2 heterocycles. The fourth-order valence-electron chi connectivity index (χ4n) is 3.42. The van der Waals surface area contributed by atoms with Crippen LogP contribution in [-0.2, 0) is 14.8 Å². The minimum absolute atomic E-state index is 0.0787. The summed E-state index contributed by atoms with van der Waals surface area (Å²) in [5, 5.41) is 3.50. The molecule has 6 nitrogen and oxygen atoms in total. The van der Waals surface area contributed by atoms with Crippen LogP contribution in [0.15, 0.2) is 27.3 Å². The van der Waals surface area contributed by atoms with Crippen molar-refractivity contribution in [1.29, 1.82) is 0 Å².